The Balaban J connectivity index is 1.47. The average Bonchev–Trinajstić information content (AvgIpc) is 3.08. The van der Waals surface area contributed by atoms with Crippen LogP contribution in [0.25, 0.3) is 11.0 Å². The van der Waals surface area contributed by atoms with Gasteiger partial charge in [0.2, 0.25) is 0 Å². The molecule has 5 nitrogen and oxygen atoms in total. The van der Waals surface area contributed by atoms with Gasteiger partial charge in [0.1, 0.15) is 5.82 Å². The molecule has 28 heavy (non-hydrogen) atoms. The van der Waals surface area contributed by atoms with Crippen LogP contribution >= 0.6 is 0 Å². The molecule has 0 bridgehead atoms. The highest BCUT2D eigenvalue weighted by molar-refractivity contribution is 5.75. The van der Waals surface area contributed by atoms with Crippen LogP contribution in [0.1, 0.15) is 24.7 Å². The summed E-state index contributed by atoms with van der Waals surface area (Å²) in [6.07, 6.45) is 0.813. The molecule has 1 aliphatic rings. The summed E-state index contributed by atoms with van der Waals surface area (Å²) in [6.45, 7) is 8.19. The van der Waals surface area contributed by atoms with Gasteiger partial charge in [-0.3, -0.25) is 9.80 Å². The smallest absolute Gasteiger partial charge is 0.124 e. The Bertz CT molecular complexity index is 892. The zero-order valence-electron chi connectivity index (χ0n) is 16.7. The Morgan fingerprint density at radius 1 is 1.00 bits per heavy atom. The van der Waals surface area contributed by atoms with Crippen molar-refractivity contribution >= 4 is 11.0 Å². The predicted octanol–water partition coefficient (Wildman–Crippen LogP) is 3.13. The lowest BCUT2D eigenvalue weighted by Crippen LogP contribution is -2.52. The summed E-state index contributed by atoms with van der Waals surface area (Å²) in [5, 5.41) is 9.59. The third-order valence-electron chi connectivity index (χ3n) is 5.79. The van der Waals surface area contributed by atoms with Crippen molar-refractivity contribution in [2.75, 3.05) is 26.2 Å². The van der Waals surface area contributed by atoms with Crippen molar-refractivity contribution in [3.63, 3.8) is 0 Å². The number of hydrogen-bond acceptors (Lipinski definition) is 4. The van der Waals surface area contributed by atoms with Gasteiger partial charge in [0.15, 0.2) is 0 Å². The van der Waals surface area contributed by atoms with E-state index in [1.54, 1.807) is 0 Å². The first-order valence-corrected chi connectivity index (χ1v) is 10.3. The molecule has 1 saturated heterocycles. The lowest BCUT2D eigenvalue weighted by atomic mass is 10.1. The van der Waals surface area contributed by atoms with Gasteiger partial charge < -0.3 is 9.67 Å². The average molecular weight is 379 g/mol. The van der Waals surface area contributed by atoms with Crippen molar-refractivity contribution in [3.8, 4) is 0 Å². The molecule has 0 radical (unpaired) electrons. The Morgan fingerprint density at radius 2 is 1.79 bits per heavy atom. The summed E-state index contributed by atoms with van der Waals surface area (Å²) < 4.78 is 2.33. The molecular formula is C23H30N4O. The van der Waals surface area contributed by atoms with Gasteiger partial charge in [0.25, 0.3) is 0 Å². The molecule has 0 spiro atoms. The molecule has 1 aromatic heterocycles. The Hall–Kier alpha value is -2.21. The zero-order valence-corrected chi connectivity index (χ0v) is 16.7. The first-order valence-electron chi connectivity index (χ1n) is 10.3. The second-order valence-corrected chi connectivity index (χ2v) is 7.62. The van der Waals surface area contributed by atoms with Gasteiger partial charge in [-0.1, -0.05) is 42.5 Å². The standard InChI is InChI=1S/C23H30N4O/c1-2-27-22-11-7-6-10-21(22)24-23(27)18-25-13-14-26(20(17-25)12-15-28)16-19-8-4-3-5-9-19/h3-11,20,28H,2,12-18H2,1H3. The molecule has 1 fully saturated rings. The molecule has 148 valence electrons. The molecule has 0 amide bonds. The van der Waals surface area contributed by atoms with Crippen molar-refractivity contribution in [1.29, 1.82) is 0 Å². The lowest BCUT2D eigenvalue weighted by molar-refractivity contribution is 0.0483. The number of benzene rings is 2. The van der Waals surface area contributed by atoms with Crippen molar-refractivity contribution in [3.05, 3.63) is 66.0 Å². The van der Waals surface area contributed by atoms with Gasteiger partial charge >= 0.3 is 0 Å². The SMILES string of the molecule is CCn1c(CN2CCN(Cc3ccccc3)C(CCO)C2)nc2ccccc21. The van der Waals surface area contributed by atoms with E-state index in [1.165, 1.54) is 11.1 Å². The number of piperazine rings is 1. The van der Waals surface area contributed by atoms with Gasteiger partial charge in [0.05, 0.1) is 17.6 Å². The van der Waals surface area contributed by atoms with E-state index in [4.69, 9.17) is 4.98 Å². The van der Waals surface area contributed by atoms with Gasteiger partial charge in [0, 0.05) is 45.4 Å². The number of aliphatic hydroxyl groups excluding tert-OH is 1. The fourth-order valence-corrected chi connectivity index (χ4v) is 4.35. The third kappa shape index (κ3) is 4.12. The highest BCUT2D eigenvalue weighted by Gasteiger charge is 2.27. The number of para-hydroxylation sites is 2. The molecule has 2 heterocycles. The fraction of sp³-hybridized carbons (Fsp3) is 0.435. The van der Waals surface area contributed by atoms with E-state index in [0.29, 0.717) is 6.04 Å². The third-order valence-corrected chi connectivity index (χ3v) is 5.79. The minimum atomic E-state index is 0.233. The molecular weight excluding hydrogens is 348 g/mol. The normalized spacial score (nSPS) is 18.7. The molecule has 5 heteroatoms. The van der Waals surface area contributed by atoms with Gasteiger partial charge in [-0.2, -0.15) is 0 Å². The Kier molecular flexibility index (Phi) is 6.05. The number of imidazole rings is 1. The lowest BCUT2D eigenvalue weighted by Gasteiger charge is -2.41. The number of fused-ring (bicyclic) bond motifs is 1. The van der Waals surface area contributed by atoms with Crippen LogP contribution in [-0.4, -0.2) is 56.7 Å². The van der Waals surface area contributed by atoms with Crippen molar-refractivity contribution in [2.24, 2.45) is 0 Å². The van der Waals surface area contributed by atoms with Crippen molar-refractivity contribution in [2.45, 2.75) is 39.0 Å². The topological polar surface area (TPSA) is 44.5 Å². The second kappa shape index (κ2) is 8.86. The quantitative estimate of drug-likeness (QED) is 0.686. The van der Waals surface area contributed by atoms with E-state index < -0.39 is 0 Å². The van der Waals surface area contributed by atoms with Gasteiger partial charge in [-0.25, -0.2) is 4.98 Å². The number of aromatic nitrogens is 2. The van der Waals surface area contributed by atoms with E-state index in [0.717, 1.165) is 57.0 Å². The summed E-state index contributed by atoms with van der Waals surface area (Å²) in [6, 6.07) is 19.4. The summed E-state index contributed by atoms with van der Waals surface area (Å²) >= 11 is 0. The van der Waals surface area contributed by atoms with E-state index in [2.05, 4.69) is 75.9 Å². The molecule has 1 N–H and O–H groups in total. The Morgan fingerprint density at radius 3 is 2.57 bits per heavy atom. The molecule has 0 aliphatic carbocycles. The summed E-state index contributed by atoms with van der Waals surface area (Å²) in [5.74, 6) is 1.14. The zero-order chi connectivity index (χ0) is 19.3. The summed E-state index contributed by atoms with van der Waals surface area (Å²) in [7, 11) is 0. The minimum absolute atomic E-state index is 0.233. The van der Waals surface area contributed by atoms with E-state index in [1.807, 2.05) is 0 Å². The summed E-state index contributed by atoms with van der Waals surface area (Å²) in [5.41, 5.74) is 3.63. The van der Waals surface area contributed by atoms with Crippen molar-refractivity contribution in [1.82, 2.24) is 19.4 Å². The van der Waals surface area contributed by atoms with Gasteiger partial charge in [-0.05, 0) is 31.0 Å². The van der Waals surface area contributed by atoms with Crippen LogP contribution in [0.2, 0.25) is 0 Å². The number of rotatable bonds is 7. The molecule has 1 atom stereocenters. The highest BCUT2D eigenvalue weighted by Crippen LogP contribution is 2.21. The summed E-state index contributed by atoms with van der Waals surface area (Å²) in [4.78, 5) is 9.91. The monoisotopic (exact) mass is 378 g/mol. The second-order valence-electron chi connectivity index (χ2n) is 7.62. The number of aliphatic hydroxyl groups is 1. The van der Waals surface area contributed by atoms with Crippen LogP contribution < -0.4 is 0 Å². The minimum Gasteiger partial charge on any atom is -0.396 e. The fourth-order valence-electron chi connectivity index (χ4n) is 4.35. The largest absolute Gasteiger partial charge is 0.396 e. The molecule has 1 unspecified atom stereocenters. The Labute approximate surface area is 167 Å². The first kappa shape index (κ1) is 19.1. The van der Waals surface area contributed by atoms with E-state index in [9.17, 15) is 5.11 Å². The molecule has 4 rings (SSSR count). The van der Waals surface area contributed by atoms with Crippen molar-refractivity contribution < 1.29 is 5.11 Å². The maximum absolute atomic E-state index is 9.59. The maximum atomic E-state index is 9.59. The van der Waals surface area contributed by atoms with Crippen LogP contribution in [0.5, 0.6) is 0 Å². The van der Waals surface area contributed by atoms with E-state index in [-0.39, 0.29) is 6.61 Å². The van der Waals surface area contributed by atoms with Crippen LogP contribution in [0.3, 0.4) is 0 Å². The van der Waals surface area contributed by atoms with Crippen LogP contribution in [0, 0.1) is 0 Å². The number of hydrogen-bond donors (Lipinski definition) is 1. The van der Waals surface area contributed by atoms with Crippen LogP contribution in [0.4, 0.5) is 0 Å². The highest BCUT2D eigenvalue weighted by atomic mass is 16.3. The molecule has 0 saturated carbocycles. The van der Waals surface area contributed by atoms with E-state index >= 15 is 0 Å². The van der Waals surface area contributed by atoms with Crippen LogP contribution in [-0.2, 0) is 19.6 Å². The number of nitrogens with zero attached hydrogens (tertiary/aromatic N) is 4. The molecule has 2 aromatic carbocycles. The predicted molar refractivity (Wildman–Crippen MR) is 113 cm³/mol. The maximum Gasteiger partial charge on any atom is 0.124 e. The molecule has 1 aliphatic heterocycles. The van der Waals surface area contributed by atoms with Crippen LogP contribution in [0.15, 0.2) is 54.6 Å². The van der Waals surface area contributed by atoms with Gasteiger partial charge in [-0.15, -0.1) is 0 Å². The first-order chi connectivity index (χ1) is 13.8. The number of aryl methyl sites for hydroxylation is 1. The molecule has 3 aromatic rings.